The smallest absolute Gasteiger partial charge is 0.234 e. The van der Waals surface area contributed by atoms with Crippen LogP contribution in [0.5, 0.6) is 0 Å². The van der Waals surface area contributed by atoms with Gasteiger partial charge in [0.1, 0.15) is 5.01 Å². The third kappa shape index (κ3) is 1.66. The molecule has 0 aromatic carbocycles. The van der Waals surface area contributed by atoms with E-state index in [9.17, 15) is 0 Å². The number of nitrogens with one attached hydrogen (secondary N) is 1. The lowest BCUT2D eigenvalue weighted by molar-refractivity contribution is 0.350. The van der Waals surface area contributed by atoms with Crippen molar-refractivity contribution in [3.8, 4) is 0 Å². The number of nitrogens with zero attached hydrogens (tertiary/aromatic N) is 4. The summed E-state index contributed by atoms with van der Waals surface area (Å²) < 4.78 is 1.86. The molecule has 1 aliphatic rings. The molecule has 0 spiro atoms. The Balaban J connectivity index is 2.05. The van der Waals surface area contributed by atoms with Gasteiger partial charge in [-0.1, -0.05) is 24.7 Å². The summed E-state index contributed by atoms with van der Waals surface area (Å²) in [6.07, 6.45) is 4.74. The molecule has 2 aromatic heterocycles. The molecule has 0 amide bonds. The second-order valence-electron chi connectivity index (χ2n) is 4.71. The van der Waals surface area contributed by atoms with Gasteiger partial charge in [-0.2, -0.15) is 9.61 Å². The predicted octanol–water partition coefficient (Wildman–Crippen LogP) is 1.87. The van der Waals surface area contributed by atoms with Gasteiger partial charge in [-0.25, -0.2) is 0 Å². The standard InChI is InChI=1S/C11H17N5S/c1-3-5-11(6-4-7-12-11)9-15-16-8(2)13-14-10(16)17-9/h12H,3-7H2,1-2H3. The number of aryl methyl sites for hydroxylation is 1. The van der Waals surface area contributed by atoms with Crippen LogP contribution in [-0.2, 0) is 5.54 Å². The average Bonchev–Trinajstić information content (AvgIpc) is 2.97. The van der Waals surface area contributed by atoms with Crippen LogP contribution < -0.4 is 5.32 Å². The van der Waals surface area contributed by atoms with Gasteiger partial charge in [0, 0.05) is 0 Å². The van der Waals surface area contributed by atoms with Gasteiger partial charge >= 0.3 is 0 Å². The van der Waals surface area contributed by atoms with Gasteiger partial charge in [0.15, 0.2) is 5.82 Å². The third-order valence-electron chi connectivity index (χ3n) is 3.48. The fourth-order valence-electron chi connectivity index (χ4n) is 2.64. The Bertz CT molecular complexity index is 523. The largest absolute Gasteiger partial charge is 0.305 e. The minimum absolute atomic E-state index is 0.0898. The first-order chi connectivity index (χ1) is 8.25. The SMILES string of the molecule is CCCC1(c2nn3c(C)nnc3s2)CCCN1. The highest BCUT2D eigenvalue weighted by Crippen LogP contribution is 2.37. The van der Waals surface area contributed by atoms with Gasteiger partial charge in [0.25, 0.3) is 0 Å². The highest BCUT2D eigenvalue weighted by atomic mass is 32.1. The summed E-state index contributed by atoms with van der Waals surface area (Å²) in [4.78, 5) is 0.904. The lowest BCUT2D eigenvalue weighted by atomic mass is 9.93. The fraction of sp³-hybridized carbons (Fsp3) is 0.727. The summed E-state index contributed by atoms with van der Waals surface area (Å²) in [6.45, 7) is 5.27. The zero-order valence-electron chi connectivity index (χ0n) is 10.2. The first-order valence-electron chi connectivity index (χ1n) is 6.19. The minimum Gasteiger partial charge on any atom is -0.305 e. The van der Waals surface area contributed by atoms with Crippen LogP contribution in [0.4, 0.5) is 0 Å². The number of fused-ring (bicyclic) bond motifs is 1. The normalized spacial score (nSPS) is 24.8. The number of aromatic nitrogens is 4. The van der Waals surface area contributed by atoms with Crippen LogP contribution in [0, 0.1) is 6.92 Å². The highest BCUT2D eigenvalue weighted by Gasteiger charge is 2.37. The first-order valence-corrected chi connectivity index (χ1v) is 7.01. The molecule has 0 aliphatic carbocycles. The first kappa shape index (κ1) is 11.1. The summed E-state index contributed by atoms with van der Waals surface area (Å²) in [7, 11) is 0. The molecule has 1 atom stereocenters. The van der Waals surface area contributed by atoms with Crippen molar-refractivity contribution in [3.05, 3.63) is 10.8 Å². The molecule has 0 saturated carbocycles. The van der Waals surface area contributed by atoms with E-state index in [0.717, 1.165) is 23.8 Å². The van der Waals surface area contributed by atoms with E-state index in [2.05, 4.69) is 22.4 Å². The summed E-state index contributed by atoms with van der Waals surface area (Å²) in [5.41, 5.74) is 0.0898. The Kier molecular flexibility index (Phi) is 2.63. The zero-order chi connectivity index (χ0) is 11.9. The van der Waals surface area contributed by atoms with Crippen molar-refractivity contribution in [3.63, 3.8) is 0 Å². The summed E-state index contributed by atoms with van der Waals surface area (Å²) >= 11 is 1.67. The number of hydrogen-bond donors (Lipinski definition) is 1. The molecule has 1 N–H and O–H groups in total. The molecular formula is C11H17N5S. The molecule has 1 saturated heterocycles. The second kappa shape index (κ2) is 4.03. The lowest BCUT2D eigenvalue weighted by Crippen LogP contribution is -2.36. The van der Waals surface area contributed by atoms with Crippen molar-refractivity contribution >= 4 is 16.3 Å². The van der Waals surface area contributed by atoms with Crippen molar-refractivity contribution in [1.82, 2.24) is 25.1 Å². The van der Waals surface area contributed by atoms with Crippen LogP contribution in [-0.4, -0.2) is 26.4 Å². The number of hydrogen-bond acceptors (Lipinski definition) is 5. The minimum atomic E-state index is 0.0898. The molecule has 92 valence electrons. The highest BCUT2D eigenvalue weighted by molar-refractivity contribution is 7.16. The monoisotopic (exact) mass is 251 g/mol. The van der Waals surface area contributed by atoms with Gasteiger partial charge in [-0.3, -0.25) is 0 Å². The van der Waals surface area contributed by atoms with E-state index in [1.807, 2.05) is 11.4 Å². The topological polar surface area (TPSA) is 55.1 Å². The molecule has 0 radical (unpaired) electrons. The van der Waals surface area contributed by atoms with Crippen LogP contribution in [0.3, 0.4) is 0 Å². The summed E-state index contributed by atoms with van der Waals surface area (Å²) in [5.74, 6) is 0.868. The van der Waals surface area contributed by atoms with E-state index < -0.39 is 0 Å². The van der Waals surface area contributed by atoms with E-state index in [1.54, 1.807) is 11.3 Å². The fourth-order valence-corrected chi connectivity index (χ4v) is 3.75. The lowest BCUT2D eigenvalue weighted by Gasteiger charge is -2.26. The molecule has 17 heavy (non-hydrogen) atoms. The van der Waals surface area contributed by atoms with Crippen LogP contribution in [0.2, 0.25) is 0 Å². The zero-order valence-corrected chi connectivity index (χ0v) is 11.0. The molecule has 5 nitrogen and oxygen atoms in total. The van der Waals surface area contributed by atoms with E-state index >= 15 is 0 Å². The van der Waals surface area contributed by atoms with Crippen LogP contribution >= 0.6 is 11.3 Å². The Morgan fingerprint density at radius 1 is 1.47 bits per heavy atom. The maximum atomic E-state index is 4.69. The van der Waals surface area contributed by atoms with Gasteiger partial charge in [-0.05, 0) is 32.7 Å². The molecular weight excluding hydrogens is 234 g/mol. The molecule has 1 aliphatic heterocycles. The molecule has 6 heteroatoms. The summed E-state index contributed by atoms with van der Waals surface area (Å²) in [6, 6.07) is 0. The van der Waals surface area contributed by atoms with Crippen molar-refractivity contribution in [1.29, 1.82) is 0 Å². The van der Waals surface area contributed by atoms with Gasteiger partial charge in [0.2, 0.25) is 4.96 Å². The van der Waals surface area contributed by atoms with E-state index in [1.165, 1.54) is 24.3 Å². The third-order valence-corrected chi connectivity index (χ3v) is 4.58. The quantitative estimate of drug-likeness (QED) is 0.905. The molecule has 1 fully saturated rings. The summed E-state index contributed by atoms with van der Waals surface area (Å²) in [5, 5.41) is 17.7. The van der Waals surface area contributed by atoms with Gasteiger partial charge < -0.3 is 5.32 Å². The van der Waals surface area contributed by atoms with E-state index in [-0.39, 0.29) is 5.54 Å². The maximum Gasteiger partial charge on any atom is 0.234 e. The van der Waals surface area contributed by atoms with Crippen LogP contribution in [0.25, 0.3) is 4.96 Å². The van der Waals surface area contributed by atoms with Crippen molar-refractivity contribution in [2.24, 2.45) is 0 Å². The Labute approximate surface area is 104 Å². The predicted molar refractivity (Wildman–Crippen MR) is 67.2 cm³/mol. The van der Waals surface area contributed by atoms with Crippen molar-refractivity contribution in [2.45, 2.75) is 45.1 Å². The molecule has 0 bridgehead atoms. The van der Waals surface area contributed by atoms with Crippen LogP contribution in [0.15, 0.2) is 0 Å². The van der Waals surface area contributed by atoms with Crippen molar-refractivity contribution < 1.29 is 0 Å². The van der Waals surface area contributed by atoms with Gasteiger partial charge in [0.05, 0.1) is 5.54 Å². The molecule has 1 unspecified atom stereocenters. The van der Waals surface area contributed by atoms with E-state index in [4.69, 9.17) is 5.10 Å². The number of rotatable bonds is 3. The average molecular weight is 251 g/mol. The van der Waals surface area contributed by atoms with Crippen molar-refractivity contribution in [2.75, 3.05) is 6.54 Å². The Hall–Kier alpha value is -1.01. The van der Waals surface area contributed by atoms with E-state index in [0.29, 0.717) is 0 Å². The molecule has 2 aromatic rings. The van der Waals surface area contributed by atoms with Crippen LogP contribution in [0.1, 0.15) is 43.4 Å². The second-order valence-corrected chi connectivity index (χ2v) is 5.67. The Morgan fingerprint density at radius 3 is 3.00 bits per heavy atom. The van der Waals surface area contributed by atoms with Gasteiger partial charge in [-0.15, -0.1) is 10.2 Å². The maximum absolute atomic E-state index is 4.69. The molecule has 3 heterocycles. The molecule has 3 rings (SSSR count). The Morgan fingerprint density at radius 2 is 2.35 bits per heavy atom.